The molecule has 1 rings (SSSR count). The highest BCUT2D eigenvalue weighted by molar-refractivity contribution is 5.47. The minimum Gasteiger partial charge on any atom is -0.395 e. The third kappa shape index (κ3) is 2.85. The van der Waals surface area contributed by atoms with E-state index in [2.05, 4.69) is 15.3 Å². The van der Waals surface area contributed by atoms with E-state index in [1.807, 2.05) is 24.9 Å². The number of rotatable bonds is 5. The van der Waals surface area contributed by atoms with Gasteiger partial charge < -0.3 is 15.3 Å². The molecule has 1 heterocycles. The van der Waals surface area contributed by atoms with Gasteiger partial charge in [-0.25, -0.2) is 9.97 Å². The molecule has 0 bridgehead atoms. The molecule has 0 unspecified atom stereocenters. The first-order valence-corrected chi connectivity index (χ1v) is 4.65. The van der Waals surface area contributed by atoms with Crippen LogP contribution < -0.4 is 10.2 Å². The van der Waals surface area contributed by atoms with Crippen molar-refractivity contribution in [2.75, 3.05) is 37.0 Å². The lowest BCUT2D eigenvalue weighted by atomic mass is 10.4. The Balaban J connectivity index is 2.71. The summed E-state index contributed by atoms with van der Waals surface area (Å²) in [5, 5.41) is 11.9. The van der Waals surface area contributed by atoms with E-state index in [4.69, 9.17) is 5.11 Å². The van der Waals surface area contributed by atoms with E-state index in [0.29, 0.717) is 6.54 Å². The van der Waals surface area contributed by atoms with Crippen LogP contribution in [-0.2, 0) is 0 Å². The first-order chi connectivity index (χ1) is 6.77. The van der Waals surface area contributed by atoms with Gasteiger partial charge in [0.15, 0.2) is 0 Å². The third-order valence-electron chi connectivity index (χ3n) is 1.84. The molecule has 0 aliphatic rings. The number of hydrogen-bond donors (Lipinski definition) is 2. The summed E-state index contributed by atoms with van der Waals surface area (Å²) in [4.78, 5) is 10.0. The molecule has 14 heavy (non-hydrogen) atoms. The molecule has 0 saturated carbocycles. The predicted octanol–water partition coefficient (Wildman–Crippen LogP) is 0.337. The van der Waals surface area contributed by atoms with Crippen molar-refractivity contribution < 1.29 is 5.11 Å². The van der Waals surface area contributed by atoms with E-state index < -0.39 is 0 Å². The van der Waals surface area contributed by atoms with E-state index >= 15 is 0 Å². The van der Waals surface area contributed by atoms with Crippen LogP contribution in [0.1, 0.15) is 6.92 Å². The molecule has 0 aliphatic heterocycles. The Labute approximate surface area is 83.8 Å². The average Bonchev–Trinajstić information content (AvgIpc) is 2.19. The molecular weight excluding hydrogens is 180 g/mol. The molecule has 1 aromatic rings. The summed E-state index contributed by atoms with van der Waals surface area (Å²) in [6, 6.07) is 1.86. The maximum atomic E-state index is 8.77. The first-order valence-electron chi connectivity index (χ1n) is 4.65. The van der Waals surface area contributed by atoms with Gasteiger partial charge in [0.1, 0.15) is 18.0 Å². The molecule has 0 amide bonds. The first kappa shape index (κ1) is 10.7. The van der Waals surface area contributed by atoms with Crippen LogP contribution >= 0.6 is 0 Å². The fourth-order valence-electron chi connectivity index (χ4n) is 1.10. The van der Waals surface area contributed by atoms with Crippen LogP contribution in [0, 0.1) is 0 Å². The van der Waals surface area contributed by atoms with Crippen molar-refractivity contribution in [2.45, 2.75) is 6.92 Å². The highest BCUT2D eigenvalue weighted by Crippen LogP contribution is 2.11. The van der Waals surface area contributed by atoms with Crippen LogP contribution in [0.4, 0.5) is 11.6 Å². The summed E-state index contributed by atoms with van der Waals surface area (Å²) in [7, 11) is 1.88. The van der Waals surface area contributed by atoms with Crippen molar-refractivity contribution in [2.24, 2.45) is 0 Å². The Morgan fingerprint density at radius 2 is 2.29 bits per heavy atom. The molecule has 0 radical (unpaired) electrons. The minimum absolute atomic E-state index is 0.122. The van der Waals surface area contributed by atoms with Gasteiger partial charge in [-0.1, -0.05) is 0 Å². The monoisotopic (exact) mass is 196 g/mol. The zero-order chi connectivity index (χ0) is 10.4. The van der Waals surface area contributed by atoms with E-state index in [1.165, 1.54) is 6.33 Å². The number of nitrogens with one attached hydrogen (secondary N) is 1. The zero-order valence-corrected chi connectivity index (χ0v) is 8.56. The number of aromatic nitrogens is 2. The summed E-state index contributed by atoms with van der Waals surface area (Å²) in [6.45, 7) is 3.54. The Bertz CT molecular complexity index is 279. The van der Waals surface area contributed by atoms with Gasteiger partial charge >= 0.3 is 0 Å². The summed E-state index contributed by atoms with van der Waals surface area (Å²) in [5.41, 5.74) is 0. The molecule has 0 fully saturated rings. The molecule has 2 N–H and O–H groups in total. The number of hydrogen-bond acceptors (Lipinski definition) is 5. The summed E-state index contributed by atoms with van der Waals surface area (Å²) in [5.74, 6) is 1.62. The van der Waals surface area contributed by atoms with E-state index in [-0.39, 0.29) is 6.61 Å². The van der Waals surface area contributed by atoms with E-state index in [9.17, 15) is 0 Å². The Kier molecular flexibility index (Phi) is 4.12. The van der Waals surface area contributed by atoms with Crippen LogP contribution in [0.5, 0.6) is 0 Å². The topological polar surface area (TPSA) is 61.3 Å². The fraction of sp³-hybridized carbons (Fsp3) is 0.556. The number of aliphatic hydroxyl groups is 1. The van der Waals surface area contributed by atoms with Crippen molar-refractivity contribution in [3.8, 4) is 0 Å². The largest absolute Gasteiger partial charge is 0.395 e. The lowest BCUT2D eigenvalue weighted by Gasteiger charge is -2.16. The predicted molar refractivity (Wildman–Crippen MR) is 56.6 cm³/mol. The molecule has 78 valence electrons. The maximum Gasteiger partial charge on any atom is 0.133 e. The zero-order valence-electron chi connectivity index (χ0n) is 8.56. The number of likely N-dealkylation sites (N-methyl/N-ethyl adjacent to an activating group) is 1. The number of aliphatic hydroxyl groups excluding tert-OH is 1. The summed E-state index contributed by atoms with van der Waals surface area (Å²) < 4.78 is 0. The molecule has 0 aliphatic carbocycles. The molecular formula is C9H16N4O. The molecule has 0 atom stereocenters. The van der Waals surface area contributed by atoms with Gasteiger partial charge in [-0.15, -0.1) is 0 Å². The third-order valence-corrected chi connectivity index (χ3v) is 1.84. The second kappa shape index (κ2) is 5.39. The van der Waals surface area contributed by atoms with Crippen LogP contribution in [0.15, 0.2) is 12.4 Å². The van der Waals surface area contributed by atoms with Crippen LogP contribution in [0.3, 0.4) is 0 Å². The molecule has 1 aromatic heterocycles. The average molecular weight is 196 g/mol. The Hall–Kier alpha value is -1.36. The lowest BCUT2D eigenvalue weighted by molar-refractivity contribution is 0.304. The van der Waals surface area contributed by atoms with E-state index in [0.717, 1.165) is 18.2 Å². The lowest BCUT2D eigenvalue weighted by Crippen LogP contribution is -2.22. The van der Waals surface area contributed by atoms with Crippen molar-refractivity contribution in [1.82, 2.24) is 9.97 Å². The molecule has 0 aromatic carbocycles. The fourth-order valence-corrected chi connectivity index (χ4v) is 1.10. The standard InChI is InChI=1S/C9H16N4O/c1-3-10-8-6-9(12-7-11-8)13(2)4-5-14/h6-7,14H,3-5H2,1-2H3,(H,10,11,12). The molecule has 0 spiro atoms. The van der Waals surface area contributed by atoms with Gasteiger partial charge in [0.25, 0.3) is 0 Å². The van der Waals surface area contributed by atoms with Crippen LogP contribution in [0.25, 0.3) is 0 Å². The Morgan fingerprint density at radius 1 is 1.50 bits per heavy atom. The number of anilines is 2. The highest BCUT2D eigenvalue weighted by Gasteiger charge is 2.02. The van der Waals surface area contributed by atoms with Crippen molar-refractivity contribution in [3.63, 3.8) is 0 Å². The van der Waals surface area contributed by atoms with Gasteiger partial charge in [0.05, 0.1) is 6.61 Å². The summed E-state index contributed by atoms with van der Waals surface area (Å²) in [6.07, 6.45) is 1.52. The Morgan fingerprint density at radius 3 is 2.93 bits per heavy atom. The van der Waals surface area contributed by atoms with Gasteiger partial charge in [-0.3, -0.25) is 0 Å². The van der Waals surface area contributed by atoms with E-state index in [1.54, 1.807) is 0 Å². The molecule has 5 heteroatoms. The van der Waals surface area contributed by atoms with Gasteiger partial charge in [0.2, 0.25) is 0 Å². The van der Waals surface area contributed by atoms with Gasteiger partial charge in [-0.2, -0.15) is 0 Å². The van der Waals surface area contributed by atoms with Crippen molar-refractivity contribution >= 4 is 11.6 Å². The number of nitrogens with zero attached hydrogens (tertiary/aromatic N) is 3. The quantitative estimate of drug-likeness (QED) is 0.711. The maximum absolute atomic E-state index is 8.77. The highest BCUT2D eigenvalue weighted by atomic mass is 16.3. The molecule has 0 saturated heterocycles. The smallest absolute Gasteiger partial charge is 0.133 e. The minimum atomic E-state index is 0.122. The second-order valence-electron chi connectivity index (χ2n) is 2.94. The van der Waals surface area contributed by atoms with Crippen molar-refractivity contribution in [3.05, 3.63) is 12.4 Å². The normalized spacial score (nSPS) is 9.93. The SMILES string of the molecule is CCNc1cc(N(C)CCO)ncn1. The summed E-state index contributed by atoms with van der Waals surface area (Å²) >= 11 is 0. The second-order valence-corrected chi connectivity index (χ2v) is 2.94. The van der Waals surface area contributed by atoms with Crippen LogP contribution in [-0.4, -0.2) is 41.8 Å². The molecule has 5 nitrogen and oxygen atoms in total. The van der Waals surface area contributed by atoms with Crippen molar-refractivity contribution in [1.29, 1.82) is 0 Å². The van der Waals surface area contributed by atoms with Gasteiger partial charge in [-0.05, 0) is 6.92 Å². The van der Waals surface area contributed by atoms with Gasteiger partial charge in [0, 0.05) is 26.2 Å². The van der Waals surface area contributed by atoms with Crippen LogP contribution in [0.2, 0.25) is 0 Å².